The van der Waals surface area contributed by atoms with Crippen molar-refractivity contribution in [1.82, 2.24) is 15.1 Å². The summed E-state index contributed by atoms with van der Waals surface area (Å²) in [5.74, 6) is 0. The zero-order valence-electron chi connectivity index (χ0n) is 18.9. The number of amides is 2. The maximum atomic E-state index is 12.1. The molecule has 1 aromatic carbocycles. The Kier molecular flexibility index (Phi) is 3.98. The quantitative estimate of drug-likeness (QED) is 0.560. The molecule has 10 heteroatoms. The van der Waals surface area contributed by atoms with Crippen LogP contribution in [0.4, 0.5) is 15.6 Å². The minimum absolute atomic E-state index is 0.0217. The van der Waals surface area contributed by atoms with Gasteiger partial charge in [-0.15, -0.1) is 10.2 Å². The van der Waals surface area contributed by atoms with Gasteiger partial charge in [0, 0.05) is 26.7 Å². The highest BCUT2D eigenvalue weighted by atomic mass is 32.2. The highest BCUT2D eigenvalue weighted by Crippen LogP contribution is 2.33. The van der Waals surface area contributed by atoms with Gasteiger partial charge in [-0.1, -0.05) is 23.1 Å². The zero-order chi connectivity index (χ0) is 23.1. The lowest BCUT2D eigenvalue weighted by atomic mass is 10.2. The number of carbonyl (C=O) groups is 1. The fraction of sp³-hybridized carbons (Fsp3) is 0.412. The molecule has 0 saturated carbocycles. The monoisotopic (exact) mass is 407 g/mol. The van der Waals surface area contributed by atoms with Crippen LogP contribution in [0.1, 0.15) is 18.8 Å². The predicted molar refractivity (Wildman–Crippen MR) is 104 cm³/mol. The lowest BCUT2D eigenvalue weighted by molar-refractivity contribution is 0.262. The topological polar surface area (TPSA) is 106 Å². The van der Waals surface area contributed by atoms with Gasteiger partial charge in [-0.2, -0.15) is 5.26 Å². The number of anilines is 2. The van der Waals surface area contributed by atoms with Gasteiger partial charge in [0.05, 0.1) is 28.4 Å². The molecule has 3 heterocycles. The first-order valence-corrected chi connectivity index (χ1v) is 9.77. The Balaban J connectivity index is 1.29. The van der Waals surface area contributed by atoms with Crippen LogP contribution in [-0.4, -0.2) is 58.6 Å². The number of nitrogens with one attached hydrogen (secondary N) is 2. The van der Waals surface area contributed by atoms with Gasteiger partial charge in [0.1, 0.15) is 0 Å². The Bertz CT molecular complexity index is 1060. The number of benzene rings is 1. The first-order chi connectivity index (χ1) is 15.0. The molecule has 1 unspecified atom stereocenters. The summed E-state index contributed by atoms with van der Waals surface area (Å²) in [5, 5.41) is 22.3. The molecule has 8 nitrogen and oxygen atoms in total. The van der Waals surface area contributed by atoms with E-state index >= 15 is 0 Å². The number of hydrogen-bond donors (Lipinski definition) is 2. The summed E-state index contributed by atoms with van der Waals surface area (Å²) in [6.07, 6.45) is -1.60. The van der Waals surface area contributed by atoms with Crippen molar-refractivity contribution >= 4 is 39.9 Å². The number of nitriles is 1. The number of hydrogen-bond acceptors (Lipinski definition) is 8. The van der Waals surface area contributed by atoms with E-state index in [1.807, 2.05) is 6.07 Å². The Labute approximate surface area is 171 Å². The first kappa shape index (κ1) is 13.1. The van der Waals surface area contributed by atoms with Gasteiger partial charge >= 0.3 is 6.03 Å². The molecule has 2 aromatic rings. The van der Waals surface area contributed by atoms with Crippen molar-refractivity contribution in [3.05, 3.63) is 29.8 Å². The summed E-state index contributed by atoms with van der Waals surface area (Å²) in [5.41, 5.74) is 1.01. The molecular weight excluding hydrogens is 384 g/mol. The van der Waals surface area contributed by atoms with Crippen LogP contribution in [0, 0.1) is 11.3 Å². The van der Waals surface area contributed by atoms with E-state index in [4.69, 9.17) is 16.9 Å². The molecule has 1 aromatic heterocycles. The van der Waals surface area contributed by atoms with Crippen LogP contribution >= 0.6 is 23.1 Å². The number of aromatic nitrogens is 2. The third kappa shape index (κ3) is 5.17. The number of epoxide rings is 1. The summed E-state index contributed by atoms with van der Waals surface area (Å²) in [6.45, 7) is -3.90. The van der Waals surface area contributed by atoms with Crippen molar-refractivity contribution in [1.29, 1.82) is 5.26 Å². The minimum atomic E-state index is -2.31. The van der Waals surface area contributed by atoms with Crippen LogP contribution in [0.2, 0.25) is 0 Å². The van der Waals surface area contributed by atoms with Gasteiger partial charge in [-0.05, 0) is 37.2 Å². The number of likely N-dealkylation sites (tertiary alicyclic amines) is 1. The number of rotatable bonds is 6. The van der Waals surface area contributed by atoms with Gasteiger partial charge in [0.25, 0.3) is 0 Å². The van der Waals surface area contributed by atoms with E-state index in [-0.39, 0.29) is 5.25 Å². The van der Waals surface area contributed by atoms with Gasteiger partial charge in [-0.25, -0.2) is 4.79 Å². The van der Waals surface area contributed by atoms with Crippen molar-refractivity contribution in [2.24, 2.45) is 0 Å². The lowest BCUT2D eigenvalue weighted by Crippen LogP contribution is -2.25. The largest absolute Gasteiger partial charge is 0.372 e. The highest BCUT2D eigenvalue weighted by molar-refractivity contribution is 8.01. The van der Waals surface area contributed by atoms with Gasteiger partial charge < -0.3 is 10.1 Å². The van der Waals surface area contributed by atoms with Crippen molar-refractivity contribution in [2.45, 2.75) is 22.1 Å². The Morgan fingerprint density at radius 2 is 2.33 bits per heavy atom. The van der Waals surface area contributed by atoms with Crippen LogP contribution in [0.5, 0.6) is 0 Å². The summed E-state index contributed by atoms with van der Waals surface area (Å²) in [4.78, 5) is 13.6. The predicted octanol–water partition coefficient (Wildman–Crippen LogP) is 2.62. The average molecular weight is 408 g/mol. The van der Waals surface area contributed by atoms with Crippen molar-refractivity contribution in [2.75, 3.05) is 36.8 Å². The minimum Gasteiger partial charge on any atom is -0.372 e. The van der Waals surface area contributed by atoms with E-state index in [1.165, 1.54) is 28.0 Å². The number of ether oxygens (including phenoxy) is 1. The Hall–Kier alpha value is -2.19. The molecule has 27 heavy (non-hydrogen) atoms. The normalized spacial score (nSPS) is 29.4. The molecule has 2 aliphatic heterocycles. The second-order valence-electron chi connectivity index (χ2n) is 5.76. The lowest BCUT2D eigenvalue weighted by Gasteiger charge is -2.13. The van der Waals surface area contributed by atoms with E-state index in [0.29, 0.717) is 40.2 Å². The number of thioether (sulfide) groups is 1. The third-order valence-corrected chi connectivity index (χ3v) is 5.95. The number of carbonyl (C=O) groups excluding carboxylic acids is 1. The SMILES string of the molecule is [2H]C1([2H])OC1([2H])C([2H])([2H])N1CC[C@@H](Sc2nnc(NC(=O)Nc3ccc(C#N)cc3)s2)C1. The van der Waals surface area contributed by atoms with Gasteiger partial charge in [0.2, 0.25) is 5.13 Å². The van der Waals surface area contributed by atoms with Crippen LogP contribution in [0.3, 0.4) is 0 Å². The zero-order valence-corrected chi connectivity index (χ0v) is 15.6. The van der Waals surface area contributed by atoms with Crippen molar-refractivity contribution in [3.8, 4) is 6.07 Å². The summed E-state index contributed by atoms with van der Waals surface area (Å²) >= 11 is 2.58. The summed E-state index contributed by atoms with van der Waals surface area (Å²) in [7, 11) is 0. The smallest absolute Gasteiger partial charge is 0.325 e. The number of nitrogens with zero attached hydrogens (tertiary/aromatic N) is 4. The summed E-state index contributed by atoms with van der Waals surface area (Å²) < 4.78 is 44.7. The van der Waals surface area contributed by atoms with Crippen LogP contribution in [0.15, 0.2) is 28.6 Å². The molecular formula is C17H18N6O2S2. The second-order valence-corrected chi connectivity index (χ2v) is 8.29. The van der Waals surface area contributed by atoms with Gasteiger partial charge in [-0.3, -0.25) is 10.2 Å². The Morgan fingerprint density at radius 1 is 1.52 bits per heavy atom. The maximum absolute atomic E-state index is 12.1. The molecule has 2 fully saturated rings. The molecule has 4 rings (SSSR count). The van der Waals surface area contributed by atoms with Crippen LogP contribution in [0.25, 0.3) is 0 Å². The van der Waals surface area contributed by atoms with E-state index in [2.05, 4.69) is 20.8 Å². The molecule has 2 N–H and O–H groups in total. The van der Waals surface area contributed by atoms with Crippen LogP contribution in [-0.2, 0) is 4.74 Å². The molecule has 0 aliphatic carbocycles. The first-order valence-electron chi connectivity index (χ1n) is 10.6. The third-order valence-electron chi connectivity index (χ3n) is 3.78. The molecule has 0 bridgehead atoms. The average Bonchev–Trinajstić information content (AvgIpc) is 3.14. The second kappa shape index (κ2) is 8.22. The molecule has 0 radical (unpaired) electrons. The number of urea groups is 1. The Morgan fingerprint density at radius 3 is 3.07 bits per heavy atom. The van der Waals surface area contributed by atoms with E-state index in [9.17, 15) is 4.79 Å². The fourth-order valence-electron chi connectivity index (χ4n) is 2.48. The fourth-order valence-corrected chi connectivity index (χ4v) is 4.64. The molecule has 2 atom stereocenters. The highest BCUT2D eigenvalue weighted by Gasteiger charge is 2.30. The molecule has 2 amide bonds. The summed E-state index contributed by atoms with van der Waals surface area (Å²) in [6, 6.07) is 7.92. The van der Waals surface area contributed by atoms with E-state index in [0.717, 1.165) is 0 Å². The van der Waals surface area contributed by atoms with E-state index in [1.54, 1.807) is 24.3 Å². The molecule has 2 aliphatic rings. The molecule has 2 saturated heterocycles. The molecule has 0 spiro atoms. The van der Waals surface area contributed by atoms with Crippen LogP contribution < -0.4 is 10.6 Å². The maximum Gasteiger partial charge on any atom is 0.325 e. The standard InChI is InChI=1S/C17H18N6O2S2/c18-7-11-1-3-12(4-2-11)19-15(24)20-16-21-22-17(27-16)26-14-5-6-23(9-14)8-13-10-25-13/h1-4,13-14H,5-6,8-10H2,(H2,19,20,21,24)/t13?,14-/m1/s1/i8D2,10D2,13D. The van der Waals surface area contributed by atoms with Crippen molar-refractivity contribution in [3.63, 3.8) is 0 Å². The van der Waals surface area contributed by atoms with Crippen molar-refractivity contribution < 1.29 is 16.4 Å². The molecule has 140 valence electrons. The van der Waals surface area contributed by atoms with E-state index < -0.39 is 25.2 Å². The van der Waals surface area contributed by atoms with Gasteiger partial charge in [0.15, 0.2) is 4.34 Å².